The monoisotopic (exact) mass is 244 g/mol. The summed E-state index contributed by atoms with van der Waals surface area (Å²) in [5, 5.41) is 0. The highest BCUT2D eigenvalue weighted by atomic mass is 15.2. The maximum Gasteiger partial charge on any atom is 0.165 e. The van der Waals surface area contributed by atoms with Crippen LogP contribution in [0, 0.1) is 0 Å². The van der Waals surface area contributed by atoms with Crippen LogP contribution in [0.15, 0.2) is 24.8 Å². The van der Waals surface area contributed by atoms with Crippen LogP contribution in [0.2, 0.25) is 0 Å². The number of allylic oxidation sites excluding steroid dienone is 1. The Kier molecular flexibility index (Phi) is 2.52. The highest BCUT2D eigenvalue weighted by Crippen LogP contribution is 2.28. The van der Waals surface area contributed by atoms with Crippen LogP contribution in [-0.4, -0.2) is 44.6 Å². The second-order valence-electron chi connectivity index (χ2n) is 4.80. The molecule has 2 atom stereocenters. The molecule has 2 N–H and O–H groups in total. The van der Waals surface area contributed by atoms with E-state index in [4.69, 9.17) is 5.73 Å². The highest BCUT2D eigenvalue weighted by Gasteiger charge is 2.23. The van der Waals surface area contributed by atoms with Crippen LogP contribution in [0.5, 0.6) is 0 Å². The van der Waals surface area contributed by atoms with Crippen LogP contribution in [0.25, 0.3) is 11.2 Å². The van der Waals surface area contributed by atoms with E-state index in [1.54, 1.807) is 6.33 Å². The van der Waals surface area contributed by atoms with E-state index in [9.17, 15) is 0 Å². The van der Waals surface area contributed by atoms with Gasteiger partial charge in [-0.3, -0.25) is 0 Å². The van der Waals surface area contributed by atoms with Crippen molar-refractivity contribution in [1.29, 1.82) is 0 Å². The molecule has 0 aliphatic heterocycles. The number of nitrogens with zero attached hydrogens (tertiary/aromatic N) is 5. The normalized spacial score (nSPS) is 23.3. The number of hydrogen-bond acceptors (Lipinski definition) is 5. The third kappa shape index (κ3) is 1.65. The van der Waals surface area contributed by atoms with E-state index in [1.807, 2.05) is 0 Å². The molecule has 0 spiro atoms. The maximum atomic E-state index is 5.79. The number of nitrogens with two attached hydrogens (primary N) is 1. The van der Waals surface area contributed by atoms with E-state index in [1.165, 1.54) is 6.33 Å². The average molecular weight is 244 g/mol. The summed E-state index contributed by atoms with van der Waals surface area (Å²) >= 11 is 0. The van der Waals surface area contributed by atoms with E-state index in [2.05, 4.69) is 50.7 Å². The van der Waals surface area contributed by atoms with Gasteiger partial charge in [-0.2, -0.15) is 0 Å². The summed E-state index contributed by atoms with van der Waals surface area (Å²) < 4.78 is 2.06. The minimum absolute atomic E-state index is 0.289. The Morgan fingerprint density at radius 2 is 2.11 bits per heavy atom. The molecule has 2 aromatic rings. The first-order valence-electron chi connectivity index (χ1n) is 5.94. The summed E-state index contributed by atoms with van der Waals surface area (Å²) in [5.74, 6) is 0.435. The van der Waals surface area contributed by atoms with Gasteiger partial charge in [0.2, 0.25) is 0 Å². The largest absolute Gasteiger partial charge is 0.382 e. The number of anilines is 1. The highest BCUT2D eigenvalue weighted by molar-refractivity contribution is 5.81. The zero-order valence-corrected chi connectivity index (χ0v) is 10.5. The number of aromatic nitrogens is 4. The number of hydrogen-bond donors (Lipinski definition) is 1. The van der Waals surface area contributed by atoms with Crippen molar-refractivity contribution in [3.8, 4) is 0 Å². The van der Waals surface area contributed by atoms with Gasteiger partial charge in [0.15, 0.2) is 11.5 Å². The Hall–Kier alpha value is -1.95. The molecule has 6 heteroatoms. The van der Waals surface area contributed by atoms with Crippen molar-refractivity contribution in [2.75, 3.05) is 19.8 Å². The summed E-state index contributed by atoms with van der Waals surface area (Å²) in [4.78, 5) is 14.7. The van der Waals surface area contributed by atoms with Gasteiger partial charge in [0.05, 0.1) is 12.4 Å². The van der Waals surface area contributed by atoms with Crippen LogP contribution in [0.3, 0.4) is 0 Å². The third-order valence-electron chi connectivity index (χ3n) is 3.45. The van der Waals surface area contributed by atoms with Gasteiger partial charge in [0.25, 0.3) is 0 Å². The molecule has 2 heterocycles. The Labute approximate surface area is 105 Å². The molecule has 0 radical (unpaired) electrons. The lowest BCUT2D eigenvalue weighted by Crippen LogP contribution is -2.25. The summed E-state index contributed by atoms with van der Waals surface area (Å²) in [7, 11) is 4.17. The van der Waals surface area contributed by atoms with Crippen molar-refractivity contribution >= 4 is 17.0 Å². The van der Waals surface area contributed by atoms with Gasteiger partial charge in [-0.05, 0) is 20.5 Å². The van der Waals surface area contributed by atoms with E-state index >= 15 is 0 Å². The predicted molar refractivity (Wildman–Crippen MR) is 70.0 cm³/mol. The summed E-state index contributed by atoms with van der Waals surface area (Å²) in [5.41, 5.74) is 7.27. The van der Waals surface area contributed by atoms with Crippen molar-refractivity contribution in [2.45, 2.75) is 18.5 Å². The predicted octanol–water partition coefficient (Wildman–Crippen LogP) is 0.840. The lowest BCUT2D eigenvalue weighted by molar-refractivity contribution is 0.321. The van der Waals surface area contributed by atoms with Gasteiger partial charge in [-0.15, -0.1) is 0 Å². The first-order chi connectivity index (χ1) is 8.66. The molecule has 0 aromatic carbocycles. The number of rotatable bonds is 2. The van der Waals surface area contributed by atoms with Crippen molar-refractivity contribution in [1.82, 2.24) is 24.4 Å². The maximum absolute atomic E-state index is 5.79. The van der Waals surface area contributed by atoms with Gasteiger partial charge in [0, 0.05) is 6.04 Å². The first kappa shape index (κ1) is 11.2. The molecule has 2 unspecified atom stereocenters. The van der Waals surface area contributed by atoms with Gasteiger partial charge in [0.1, 0.15) is 11.8 Å². The van der Waals surface area contributed by atoms with E-state index in [0.717, 1.165) is 12.1 Å². The zero-order valence-electron chi connectivity index (χ0n) is 10.5. The molecule has 94 valence electrons. The number of nitrogen functional groups attached to an aromatic ring is 1. The molecule has 0 amide bonds. The molecule has 0 saturated carbocycles. The van der Waals surface area contributed by atoms with E-state index in [0.29, 0.717) is 17.4 Å². The lowest BCUT2D eigenvalue weighted by atomic mass is 10.2. The Balaban J connectivity index is 1.97. The van der Waals surface area contributed by atoms with Crippen molar-refractivity contribution < 1.29 is 0 Å². The summed E-state index contributed by atoms with van der Waals surface area (Å²) in [6, 6.07) is 0.753. The SMILES string of the molecule is CN(C)C1C=CC(n2cnc3c(N)ncnc32)C1. The number of fused-ring (bicyclic) bond motifs is 1. The Morgan fingerprint density at radius 3 is 2.83 bits per heavy atom. The third-order valence-corrected chi connectivity index (χ3v) is 3.45. The molecule has 0 saturated heterocycles. The fraction of sp³-hybridized carbons (Fsp3) is 0.417. The van der Waals surface area contributed by atoms with Crippen molar-refractivity contribution in [3.63, 3.8) is 0 Å². The molecular formula is C12H16N6. The van der Waals surface area contributed by atoms with Gasteiger partial charge in [-0.25, -0.2) is 15.0 Å². The topological polar surface area (TPSA) is 72.9 Å². The van der Waals surface area contributed by atoms with E-state index < -0.39 is 0 Å². The quantitative estimate of drug-likeness (QED) is 0.792. The second-order valence-corrected chi connectivity index (χ2v) is 4.80. The van der Waals surface area contributed by atoms with Crippen molar-refractivity contribution in [2.24, 2.45) is 0 Å². The number of imidazole rings is 1. The zero-order chi connectivity index (χ0) is 12.7. The first-order valence-corrected chi connectivity index (χ1v) is 5.94. The van der Waals surface area contributed by atoms with Crippen LogP contribution in [0.1, 0.15) is 12.5 Å². The molecule has 0 fully saturated rings. The fourth-order valence-electron chi connectivity index (χ4n) is 2.36. The molecule has 6 nitrogen and oxygen atoms in total. The lowest BCUT2D eigenvalue weighted by Gasteiger charge is -2.19. The van der Waals surface area contributed by atoms with Crippen LogP contribution >= 0.6 is 0 Å². The molecule has 1 aliphatic rings. The minimum Gasteiger partial charge on any atom is -0.382 e. The smallest absolute Gasteiger partial charge is 0.165 e. The van der Waals surface area contributed by atoms with Gasteiger partial charge < -0.3 is 15.2 Å². The standard InChI is InChI=1S/C12H16N6/c1-17(2)8-3-4-9(5-8)18-7-16-10-11(13)14-6-15-12(10)18/h3-4,6-9H,5H2,1-2H3,(H2,13,14,15). The summed E-state index contributed by atoms with van der Waals surface area (Å²) in [6.07, 6.45) is 8.73. The Bertz CT molecular complexity index is 600. The van der Waals surface area contributed by atoms with Gasteiger partial charge >= 0.3 is 0 Å². The minimum atomic E-state index is 0.289. The molecule has 1 aliphatic carbocycles. The fourth-order valence-corrected chi connectivity index (χ4v) is 2.36. The average Bonchev–Trinajstić information content (AvgIpc) is 2.94. The molecule has 0 bridgehead atoms. The number of likely N-dealkylation sites (N-methyl/N-ethyl adjacent to an activating group) is 1. The molecule has 18 heavy (non-hydrogen) atoms. The van der Waals surface area contributed by atoms with Crippen molar-refractivity contribution in [3.05, 3.63) is 24.8 Å². The van der Waals surface area contributed by atoms with Gasteiger partial charge in [-0.1, -0.05) is 12.2 Å². The molecular weight excluding hydrogens is 228 g/mol. The molecule has 2 aromatic heterocycles. The van der Waals surface area contributed by atoms with Crippen LogP contribution in [0.4, 0.5) is 5.82 Å². The second kappa shape index (κ2) is 4.06. The van der Waals surface area contributed by atoms with Crippen LogP contribution in [-0.2, 0) is 0 Å². The Morgan fingerprint density at radius 1 is 1.28 bits per heavy atom. The van der Waals surface area contributed by atoms with E-state index in [-0.39, 0.29) is 6.04 Å². The summed E-state index contributed by atoms with van der Waals surface area (Å²) in [6.45, 7) is 0. The molecule has 3 rings (SSSR count). The van der Waals surface area contributed by atoms with Crippen LogP contribution < -0.4 is 5.73 Å².